The Morgan fingerprint density at radius 1 is 0.357 bits per heavy atom. The highest BCUT2D eigenvalue weighted by atomic mass is 13.4. The van der Waals surface area contributed by atoms with Gasteiger partial charge < -0.3 is 0 Å². The number of rotatable bonds is 0. The molecule has 0 aromatic heterocycles. The molecule has 0 aliphatic carbocycles. The quantitative estimate of drug-likeness (QED) is 0.386. The largest absolute Gasteiger partial charge is 0.0776 e. The first-order chi connectivity index (χ1) is 2.83. The fourth-order valence-electron chi connectivity index (χ4n) is 0. The summed E-state index contributed by atoms with van der Waals surface area (Å²) >= 11 is 0. The van der Waals surface area contributed by atoms with Crippen LogP contribution in [0.15, 0.2) is 0 Å². The molecule has 0 saturated heterocycles. The Hall–Kier alpha value is 0. The summed E-state index contributed by atoms with van der Waals surface area (Å²) in [5, 5.41) is 0. The second kappa shape index (κ2) is 468. The summed E-state index contributed by atoms with van der Waals surface area (Å²) in [5.74, 6) is 0. The van der Waals surface area contributed by atoms with E-state index in [0.717, 1.165) is 0 Å². The van der Waals surface area contributed by atoms with Gasteiger partial charge in [0.1, 0.15) is 0 Å². The van der Waals surface area contributed by atoms with Crippen molar-refractivity contribution in [3.8, 4) is 0 Å². The molecule has 14 heavy (non-hydrogen) atoms. The van der Waals surface area contributed by atoms with E-state index in [1.807, 2.05) is 0 Å². The van der Waals surface area contributed by atoms with Crippen LogP contribution in [0.5, 0.6) is 0 Å². The van der Waals surface area contributed by atoms with E-state index >= 15 is 0 Å². The monoisotopic (exact) mass is 216 g/mol. The molecule has 0 atom stereocenters. The molecular formula is C14H48. The van der Waals surface area contributed by atoms with E-state index in [4.69, 9.17) is 0 Å². The van der Waals surface area contributed by atoms with Gasteiger partial charge in [0.2, 0.25) is 0 Å². The summed E-state index contributed by atoms with van der Waals surface area (Å²) in [6, 6.07) is 0. The van der Waals surface area contributed by atoms with Crippen LogP contribution < -0.4 is 0 Å². The first-order valence-corrected chi connectivity index (χ1v) is 2.83. The Bertz CT molecular complexity index is 2.00. The Morgan fingerprint density at radius 3 is 0.357 bits per heavy atom. The van der Waals surface area contributed by atoms with Crippen molar-refractivity contribution in [2.75, 3.05) is 0 Å². The maximum absolute atomic E-state index is 2.12. The van der Waals surface area contributed by atoms with E-state index in [1.165, 1.54) is 12.8 Å². The van der Waals surface area contributed by atoms with E-state index in [-0.39, 0.29) is 59.4 Å². The lowest BCUT2D eigenvalue weighted by Crippen LogP contribution is -1.27. The van der Waals surface area contributed by atoms with Crippen LogP contribution in [0.2, 0.25) is 0 Å². The van der Waals surface area contributed by atoms with Crippen LogP contribution in [-0.2, 0) is 0 Å². The molecule has 0 spiro atoms. The molecule has 0 rings (SSSR count). The van der Waals surface area contributed by atoms with Crippen LogP contribution in [0, 0.1) is 0 Å². The van der Waals surface area contributed by atoms with E-state index in [0.29, 0.717) is 0 Å². The third-order valence-corrected chi connectivity index (χ3v) is 0. The highest BCUT2D eigenvalue weighted by Gasteiger charge is 1.36. The maximum atomic E-state index is 2.12. The molecule has 104 valence electrons. The van der Waals surface area contributed by atoms with Crippen molar-refractivity contribution in [2.24, 2.45) is 0 Å². The van der Waals surface area contributed by atoms with Gasteiger partial charge in [0.05, 0.1) is 0 Å². The minimum atomic E-state index is 0. The van der Waals surface area contributed by atoms with E-state index < -0.39 is 0 Å². The zero-order valence-electron chi connectivity index (χ0n) is 5.41. The molecule has 0 aromatic rings. The topological polar surface area (TPSA) is 0 Å². The van der Waals surface area contributed by atoms with Gasteiger partial charge in [-0.1, -0.05) is 99.9 Å². The Labute approximate surface area is 101 Å². The van der Waals surface area contributed by atoms with Crippen molar-refractivity contribution in [2.45, 2.75) is 99.9 Å². The van der Waals surface area contributed by atoms with Crippen molar-refractivity contribution < 1.29 is 0 Å². The lowest BCUT2D eigenvalue weighted by molar-refractivity contribution is 1.09. The molecule has 0 radical (unpaired) electrons. The Morgan fingerprint density at radius 2 is 0.357 bits per heavy atom. The number of hydrogen-bond donors (Lipinski definition) is 0. The van der Waals surface area contributed by atoms with Crippen LogP contribution >= 0.6 is 0 Å². The van der Waals surface area contributed by atoms with Crippen molar-refractivity contribution in [1.82, 2.24) is 0 Å². The third kappa shape index (κ3) is 0. The molecule has 0 heteroatoms. The van der Waals surface area contributed by atoms with Crippen LogP contribution in [0.3, 0.4) is 0 Å². The predicted molar refractivity (Wildman–Crippen MR) is 85.8 cm³/mol. The summed E-state index contributed by atoms with van der Waals surface area (Å²) in [6.07, 6.45) is 2.50. The molecular weight excluding hydrogens is 168 g/mol. The molecule has 0 heterocycles. The lowest BCUT2D eigenvalue weighted by Gasteiger charge is -1.48. The molecule has 0 bridgehead atoms. The number of hydrogen-bond acceptors (Lipinski definition) is 0. The first kappa shape index (κ1) is 148. The smallest absolute Gasteiger partial charge is 0.0590 e. The standard InChI is InChI=1S/2C3H8.8CH4/c2*1-3-2;;;;;;;;/h2*3H2,1-2H3;8*1H4. The average Bonchev–Trinajstić information content (AvgIpc) is 1.39. The van der Waals surface area contributed by atoms with Crippen LogP contribution in [0.1, 0.15) is 99.9 Å². The maximum Gasteiger partial charge on any atom is -0.0590 e. The molecule has 0 aromatic carbocycles. The molecule has 0 saturated carbocycles. The van der Waals surface area contributed by atoms with Gasteiger partial charge in [-0.2, -0.15) is 0 Å². The zero-order chi connectivity index (χ0) is 5.41. The van der Waals surface area contributed by atoms with Crippen LogP contribution in [0.4, 0.5) is 0 Å². The highest BCUT2D eigenvalue weighted by Crippen LogP contribution is 1.56. The van der Waals surface area contributed by atoms with Crippen molar-refractivity contribution in [3.63, 3.8) is 0 Å². The fourth-order valence-corrected chi connectivity index (χ4v) is 0. The minimum absolute atomic E-state index is 0. The molecule has 0 aliphatic heterocycles. The van der Waals surface area contributed by atoms with Crippen molar-refractivity contribution in [1.29, 1.82) is 0 Å². The lowest BCUT2D eigenvalue weighted by atomic mass is 10.6. The molecule has 0 fully saturated rings. The first-order valence-electron chi connectivity index (χ1n) is 2.83. The van der Waals surface area contributed by atoms with Crippen LogP contribution in [-0.4, -0.2) is 0 Å². The van der Waals surface area contributed by atoms with Crippen molar-refractivity contribution >= 4 is 0 Å². The summed E-state index contributed by atoms with van der Waals surface area (Å²) in [4.78, 5) is 0. The Balaban J connectivity index is -0.00000000182. The van der Waals surface area contributed by atoms with Crippen LogP contribution in [0.25, 0.3) is 0 Å². The SMILES string of the molecule is C.C.C.C.C.C.C.C.CCC.CCC. The minimum Gasteiger partial charge on any atom is -0.0776 e. The zero-order valence-corrected chi connectivity index (χ0v) is 5.41. The third-order valence-electron chi connectivity index (χ3n) is 0. The molecule has 0 N–H and O–H groups in total. The second-order valence-corrected chi connectivity index (χ2v) is 1.41. The second-order valence-electron chi connectivity index (χ2n) is 1.41. The van der Waals surface area contributed by atoms with Gasteiger partial charge in [0.25, 0.3) is 0 Å². The summed E-state index contributed by atoms with van der Waals surface area (Å²) in [5.41, 5.74) is 0. The van der Waals surface area contributed by atoms with E-state index in [2.05, 4.69) is 27.7 Å². The van der Waals surface area contributed by atoms with Gasteiger partial charge in [0.15, 0.2) is 0 Å². The van der Waals surface area contributed by atoms with Gasteiger partial charge >= 0.3 is 0 Å². The van der Waals surface area contributed by atoms with E-state index in [1.54, 1.807) is 0 Å². The van der Waals surface area contributed by atoms with Crippen molar-refractivity contribution in [3.05, 3.63) is 0 Å². The summed E-state index contributed by atoms with van der Waals surface area (Å²) in [6.45, 7) is 8.50. The summed E-state index contributed by atoms with van der Waals surface area (Å²) < 4.78 is 0. The van der Waals surface area contributed by atoms with Gasteiger partial charge in [-0.15, -0.1) is 0 Å². The Kier molecular flexibility index (Phi) is 4940. The highest BCUT2D eigenvalue weighted by molar-refractivity contribution is 3.92. The average molecular weight is 217 g/mol. The molecule has 0 nitrogen and oxygen atoms in total. The molecule has 0 amide bonds. The van der Waals surface area contributed by atoms with Gasteiger partial charge in [0, 0.05) is 0 Å². The van der Waals surface area contributed by atoms with Gasteiger partial charge in [-0.3, -0.25) is 0 Å². The molecule has 0 unspecified atom stereocenters. The van der Waals surface area contributed by atoms with Gasteiger partial charge in [-0.05, 0) is 0 Å². The summed E-state index contributed by atoms with van der Waals surface area (Å²) in [7, 11) is 0. The predicted octanol–water partition coefficient (Wildman–Crippen LogP) is 7.92. The normalized spacial score (nSPS) is 2.57. The fraction of sp³-hybridized carbons (Fsp3) is 1.00. The molecule has 0 aliphatic rings. The van der Waals surface area contributed by atoms with Gasteiger partial charge in [-0.25, -0.2) is 0 Å². The van der Waals surface area contributed by atoms with E-state index in [9.17, 15) is 0 Å².